The maximum Gasteiger partial charge on any atom is 0.138 e. The highest BCUT2D eigenvalue weighted by Gasteiger charge is 2.08. The first-order valence-corrected chi connectivity index (χ1v) is 8.36. The average Bonchev–Trinajstić information content (AvgIpc) is 2.39. The van der Waals surface area contributed by atoms with E-state index in [4.69, 9.17) is 27.9 Å². The smallest absolute Gasteiger partial charge is 0.138 e. The fourth-order valence-corrected chi connectivity index (χ4v) is 2.69. The van der Waals surface area contributed by atoms with Gasteiger partial charge in [-0.1, -0.05) is 36.0 Å². The number of ether oxygens (including phenoxy) is 1. The SMILES string of the molecule is COc1cc(Cl)c(CCCCCCNC(C)(C)C)cc1Cl. The Kier molecular flexibility index (Phi) is 7.86. The van der Waals surface area contributed by atoms with E-state index in [0.29, 0.717) is 10.8 Å². The standard InChI is InChI=1S/C17H27Cl2NO/c1-17(2,3)20-10-8-6-5-7-9-13-11-15(19)16(21-4)12-14(13)18/h11-12,20H,5-10H2,1-4H3. The van der Waals surface area contributed by atoms with E-state index >= 15 is 0 Å². The Bertz CT molecular complexity index is 441. The molecule has 0 saturated heterocycles. The lowest BCUT2D eigenvalue weighted by Gasteiger charge is -2.20. The van der Waals surface area contributed by atoms with Crippen molar-refractivity contribution in [2.24, 2.45) is 0 Å². The second-order valence-electron chi connectivity index (χ2n) is 6.42. The molecule has 1 rings (SSSR count). The summed E-state index contributed by atoms with van der Waals surface area (Å²) in [6, 6.07) is 3.72. The molecule has 2 nitrogen and oxygen atoms in total. The molecule has 0 amide bonds. The van der Waals surface area contributed by atoms with Crippen LogP contribution in [0.4, 0.5) is 0 Å². The van der Waals surface area contributed by atoms with Gasteiger partial charge in [-0.05, 0) is 58.2 Å². The van der Waals surface area contributed by atoms with Gasteiger partial charge in [-0.25, -0.2) is 0 Å². The molecule has 1 N–H and O–H groups in total. The summed E-state index contributed by atoms with van der Waals surface area (Å²) in [6.07, 6.45) is 5.78. The van der Waals surface area contributed by atoms with Gasteiger partial charge in [0.2, 0.25) is 0 Å². The van der Waals surface area contributed by atoms with Crippen molar-refractivity contribution < 1.29 is 4.74 Å². The van der Waals surface area contributed by atoms with Crippen LogP contribution < -0.4 is 10.1 Å². The predicted molar refractivity (Wildman–Crippen MR) is 92.9 cm³/mol. The summed E-state index contributed by atoms with van der Waals surface area (Å²) >= 11 is 12.4. The van der Waals surface area contributed by atoms with Crippen LogP contribution >= 0.6 is 23.2 Å². The van der Waals surface area contributed by atoms with Crippen molar-refractivity contribution in [1.82, 2.24) is 5.32 Å². The summed E-state index contributed by atoms with van der Waals surface area (Å²) in [5, 5.41) is 4.88. The Balaban J connectivity index is 2.26. The van der Waals surface area contributed by atoms with E-state index in [1.54, 1.807) is 13.2 Å². The number of rotatable bonds is 8. The van der Waals surface area contributed by atoms with Gasteiger partial charge in [0, 0.05) is 16.6 Å². The minimum Gasteiger partial charge on any atom is -0.495 e. The number of benzene rings is 1. The van der Waals surface area contributed by atoms with Gasteiger partial charge in [0.1, 0.15) is 5.75 Å². The predicted octanol–water partition coefficient (Wildman–Crippen LogP) is 5.49. The third-order valence-corrected chi connectivity index (χ3v) is 4.00. The molecular weight excluding hydrogens is 305 g/mol. The van der Waals surface area contributed by atoms with Gasteiger partial charge in [-0.2, -0.15) is 0 Å². The Morgan fingerprint density at radius 2 is 1.67 bits per heavy atom. The van der Waals surface area contributed by atoms with Crippen LogP contribution in [-0.2, 0) is 6.42 Å². The summed E-state index contributed by atoms with van der Waals surface area (Å²) < 4.78 is 5.15. The van der Waals surface area contributed by atoms with Crippen LogP contribution in [0.5, 0.6) is 5.75 Å². The van der Waals surface area contributed by atoms with Crippen molar-refractivity contribution in [3.63, 3.8) is 0 Å². The first-order valence-electron chi connectivity index (χ1n) is 7.60. The van der Waals surface area contributed by atoms with Crippen LogP contribution in [0.1, 0.15) is 52.0 Å². The summed E-state index contributed by atoms with van der Waals surface area (Å²) in [4.78, 5) is 0. The topological polar surface area (TPSA) is 21.3 Å². The van der Waals surface area contributed by atoms with Crippen LogP contribution in [0, 0.1) is 0 Å². The molecule has 0 aliphatic heterocycles. The molecule has 0 radical (unpaired) electrons. The normalized spacial score (nSPS) is 11.7. The third-order valence-electron chi connectivity index (χ3n) is 3.35. The second kappa shape index (κ2) is 8.87. The fraction of sp³-hybridized carbons (Fsp3) is 0.647. The Hall–Kier alpha value is -0.440. The van der Waals surface area contributed by atoms with Crippen LogP contribution in [0.2, 0.25) is 10.0 Å². The molecular formula is C17H27Cl2NO. The number of halogens is 2. The van der Waals surface area contributed by atoms with Gasteiger partial charge in [0.05, 0.1) is 12.1 Å². The zero-order valence-corrected chi connectivity index (χ0v) is 15.1. The van der Waals surface area contributed by atoms with Crippen molar-refractivity contribution in [3.05, 3.63) is 27.7 Å². The Morgan fingerprint density at radius 3 is 2.29 bits per heavy atom. The van der Waals surface area contributed by atoms with Crippen LogP contribution in [0.3, 0.4) is 0 Å². The molecule has 0 bridgehead atoms. The fourth-order valence-electron chi connectivity index (χ4n) is 2.18. The molecule has 0 saturated carbocycles. The summed E-state index contributed by atoms with van der Waals surface area (Å²) in [6.45, 7) is 7.67. The van der Waals surface area contributed by atoms with Crippen molar-refractivity contribution in [1.29, 1.82) is 0 Å². The van der Waals surface area contributed by atoms with Gasteiger partial charge < -0.3 is 10.1 Å². The zero-order chi connectivity index (χ0) is 15.9. The summed E-state index contributed by atoms with van der Waals surface area (Å²) in [7, 11) is 1.60. The highest BCUT2D eigenvalue weighted by molar-refractivity contribution is 6.34. The molecule has 0 heterocycles. The summed E-state index contributed by atoms with van der Waals surface area (Å²) in [5.41, 5.74) is 1.32. The monoisotopic (exact) mass is 331 g/mol. The average molecular weight is 332 g/mol. The maximum atomic E-state index is 6.24. The molecule has 1 aromatic rings. The number of aryl methyl sites for hydroxylation is 1. The molecule has 0 fully saturated rings. The molecule has 4 heteroatoms. The quantitative estimate of drug-likeness (QED) is 0.635. The molecule has 0 aliphatic rings. The van der Waals surface area contributed by atoms with E-state index in [2.05, 4.69) is 26.1 Å². The van der Waals surface area contributed by atoms with Crippen molar-refractivity contribution in [3.8, 4) is 5.75 Å². The van der Waals surface area contributed by atoms with Gasteiger partial charge in [-0.3, -0.25) is 0 Å². The van der Waals surface area contributed by atoms with E-state index < -0.39 is 0 Å². The van der Waals surface area contributed by atoms with Crippen molar-refractivity contribution in [2.75, 3.05) is 13.7 Å². The number of methoxy groups -OCH3 is 1. The molecule has 120 valence electrons. The van der Waals surface area contributed by atoms with Crippen LogP contribution in [0.25, 0.3) is 0 Å². The number of unbranched alkanes of at least 4 members (excludes halogenated alkanes) is 3. The van der Waals surface area contributed by atoms with Gasteiger partial charge in [0.25, 0.3) is 0 Å². The molecule has 0 aromatic heterocycles. The van der Waals surface area contributed by atoms with Gasteiger partial charge in [0.15, 0.2) is 0 Å². The second-order valence-corrected chi connectivity index (χ2v) is 7.23. The minimum absolute atomic E-state index is 0.216. The van der Waals surface area contributed by atoms with Crippen LogP contribution in [-0.4, -0.2) is 19.2 Å². The molecule has 1 aromatic carbocycles. The zero-order valence-electron chi connectivity index (χ0n) is 13.6. The Morgan fingerprint density at radius 1 is 1.00 bits per heavy atom. The van der Waals surface area contributed by atoms with E-state index in [0.717, 1.165) is 30.0 Å². The highest BCUT2D eigenvalue weighted by Crippen LogP contribution is 2.31. The first kappa shape index (κ1) is 18.6. The lowest BCUT2D eigenvalue weighted by molar-refractivity contribution is 0.414. The minimum atomic E-state index is 0.216. The number of hydrogen-bond donors (Lipinski definition) is 1. The number of hydrogen-bond acceptors (Lipinski definition) is 2. The molecule has 0 unspecified atom stereocenters. The lowest BCUT2D eigenvalue weighted by Crippen LogP contribution is -2.36. The molecule has 21 heavy (non-hydrogen) atoms. The molecule has 0 spiro atoms. The third kappa shape index (κ3) is 7.39. The van der Waals surface area contributed by atoms with E-state index in [9.17, 15) is 0 Å². The molecule has 0 atom stereocenters. The lowest BCUT2D eigenvalue weighted by atomic mass is 10.1. The highest BCUT2D eigenvalue weighted by atomic mass is 35.5. The first-order chi connectivity index (χ1) is 9.83. The van der Waals surface area contributed by atoms with Crippen molar-refractivity contribution >= 4 is 23.2 Å². The maximum absolute atomic E-state index is 6.24. The largest absolute Gasteiger partial charge is 0.495 e. The summed E-state index contributed by atoms with van der Waals surface area (Å²) in [5.74, 6) is 0.638. The van der Waals surface area contributed by atoms with Gasteiger partial charge in [-0.15, -0.1) is 0 Å². The van der Waals surface area contributed by atoms with E-state index in [-0.39, 0.29) is 5.54 Å². The van der Waals surface area contributed by atoms with E-state index in [1.165, 1.54) is 19.3 Å². The van der Waals surface area contributed by atoms with Gasteiger partial charge >= 0.3 is 0 Å². The molecule has 0 aliphatic carbocycles. The number of nitrogens with one attached hydrogen (secondary N) is 1. The van der Waals surface area contributed by atoms with E-state index in [1.807, 2.05) is 6.07 Å². The van der Waals surface area contributed by atoms with Crippen molar-refractivity contribution in [2.45, 2.75) is 58.4 Å². The van der Waals surface area contributed by atoms with Crippen LogP contribution in [0.15, 0.2) is 12.1 Å². The Labute approximate surface area is 139 Å².